The highest BCUT2D eigenvalue weighted by Gasteiger charge is 2.35. The van der Waals surface area contributed by atoms with Gasteiger partial charge in [0.2, 0.25) is 0 Å². The molecule has 0 saturated carbocycles. The zero-order chi connectivity index (χ0) is 20.1. The number of hydrogen-bond donors (Lipinski definition) is 2. The average molecular weight is 409 g/mol. The van der Waals surface area contributed by atoms with Gasteiger partial charge in [-0.15, -0.1) is 10.2 Å². The van der Waals surface area contributed by atoms with Crippen molar-refractivity contribution in [2.75, 3.05) is 13.2 Å². The Labute approximate surface area is 163 Å². The first-order valence-electron chi connectivity index (χ1n) is 8.46. The predicted molar refractivity (Wildman–Crippen MR) is 100 cm³/mol. The van der Waals surface area contributed by atoms with E-state index in [1.54, 1.807) is 0 Å². The number of ether oxygens (including phenoxy) is 1. The van der Waals surface area contributed by atoms with E-state index in [2.05, 4.69) is 10.2 Å². The Bertz CT molecular complexity index is 916. The van der Waals surface area contributed by atoms with Crippen molar-refractivity contribution in [2.24, 2.45) is 5.73 Å². The van der Waals surface area contributed by atoms with Crippen LogP contribution in [0.25, 0.3) is 10.6 Å². The lowest BCUT2D eigenvalue weighted by Gasteiger charge is -2.15. The molecule has 0 amide bonds. The lowest BCUT2D eigenvalue weighted by Crippen LogP contribution is -2.13. The Kier molecular flexibility index (Phi) is 6.28. The average Bonchev–Trinajstić information content (AvgIpc) is 3.18. The maximum Gasteiger partial charge on any atom is 0.419 e. The molecule has 0 fully saturated rings. The summed E-state index contributed by atoms with van der Waals surface area (Å²) in [6, 6.07) is 12.5. The van der Waals surface area contributed by atoms with Gasteiger partial charge >= 0.3 is 6.18 Å². The van der Waals surface area contributed by atoms with Crippen molar-refractivity contribution >= 4 is 11.3 Å². The summed E-state index contributed by atoms with van der Waals surface area (Å²) >= 11 is 1.04. The van der Waals surface area contributed by atoms with Crippen LogP contribution in [0.2, 0.25) is 0 Å². The molecule has 0 saturated heterocycles. The molecule has 9 heteroatoms. The van der Waals surface area contributed by atoms with Crippen LogP contribution in [0, 0.1) is 0 Å². The van der Waals surface area contributed by atoms with E-state index in [-0.39, 0.29) is 24.5 Å². The molecular formula is C19H18F3N3O2S. The molecule has 1 unspecified atom stereocenters. The van der Waals surface area contributed by atoms with Crippen LogP contribution in [0.3, 0.4) is 0 Å². The minimum Gasteiger partial charge on any atom is -0.493 e. The fourth-order valence-electron chi connectivity index (χ4n) is 2.51. The Morgan fingerprint density at radius 3 is 2.54 bits per heavy atom. The highest BCUT2D eigenvalue weighted by molar-refractivity contribution is 7.14. The van der Waals surface area contributed by atoms with Gasteiger partial charge in [-0.05, 0) is 23.8 Å². The van der Waals surface area contributed by atoms with Gasteiger partial charge in [-0.2, -0.15) is 13.2 Å². The summed E-state index contributed by atoms with van der Waals surface area (Å²) in [7, 11) is 0. The third kappa shape index (κ3) is 4.86. The van der Waals surface area contributed by atoms with Crippen molar-refractivity contribution in [3.05, 3.63) is 64.7 Å². The normalized spacial score (nSPS) is 12.8. The molecule has 28 heavy (non-hydrogen) atoms. The second-order valence-electron chi connectivity index (χ2n) is 6.03. The maximum atomic E-state index is 13.5. The zero-order valence-electron chi connectivity index (χ0n) is 14.7. The van der Waals surface area contributed by atoms with Crippen LogP contribution in [0.5, 0.6) is 5.75 Å². The molecule has 0 aliphatic rings. The first kappa shape index (κ1) is 20.2. The van der Waals surface area contributed by atoms with Gasteiger partial charge in [0.1, 0.15) is 15.8 Å². The Morgan fingerprint density at radius 2 is 1.86 bits per heavy atom. The molecule has 3 aromatic rings. The summed E-state index contributed by atoms with van der Waals surface area (Å²) in [5.74, 6) is -0.232. The fourth-order valence-corrected chi connectivity index (χ4v) is 3.35. The fraction of sp³-hybridized carbons (Fsp3) is 0.263. The molecule has 1 aromatic heterocycles. The van der Waals surface area contributed by atoms with E-state index in [0.717, 1.165) is 23.0 Å². The number of hydrogen-bond acceptors (Lipinski definition) is 6. The lowest BCUT2D eigenvalue weighted by atomic mass is 10.1. The van der Waals surface area contributed by atoms with Gasteiger partial charge in [0.05, 0.1) is 24.8 Å². The number of nitrogens with zero attached hydrogens (tertiary/aromatic N) is 2. The van der Waals surface area contributed by atoms with Crippen molar-refractivity contribution in [1.82, 2.24) is 10.2 Å². The molecule has 5 nitrogen and oxygen atoms in total. The van der Waals surface area contributed by atoms with Gasteiger partial charge < -0.3 is 15.6 Å². The molecule has 0 bridgehead atoms. The van der Waals surface area contributed by atoms with E-state index in [1.165, 1.54) is 12.1 Å². The molecule has 148 valence electrons. The van der Waals surface area contributed by atoms with Gasteiger partial charge in [-0.3, -0.25) is 0 Å². The molecule has 1 atom stereocenters. The van der Waals surface area contributed by atoms with E-state index in [9.17, 15) is 13.2 Å². The first-order valence-corrected chi connectivity index (χ1v) is 9.28. The molecule has 3 rings (SSSR count). The molecular weight excluding hydrogens is 391 g/mol. The maximum absolute atomic E-state index is 13.5. The minimum absolute atomic E-state index is 0.126. The smallest absolute Gasteiger partial charge is 0.419 e. The van der Waals surface area contributed by atoms with Crippen LogP contribution in [-0.2, 0) is 12.6 Å². The number of nitrogens with two attached hydrogens (primary N) is 1. The third-order valence-corrected chi connectivity index (χ3v) is 5.08. The number of aliphatic hydroxyl groups excluding tert-OH is 1. The highest BCUT2D eigenvalue weighted by atomic mass is 32.1. The van der Waals surface area contributed by atoms with Crippen molar-refractivity contribution in [3.63, 3.8) is 0 Å². The van der Waals surface area contributed by atoms with Crippen molar-refractivity contribution < 1.29 is 23.0 Å². The van der Waals surface area contributed by atoms with Crippen LogP contribution in [0.1, 0.15) is 22.2 Å². The quantitative estimate of drug-likeness (QED) is 0.620. The standard InChI is InChI=1S/C19H18F3N3O2S/c20-19(21,22)14-10-13(17-24-25-18(28-17)15(23)11-26)6-7-16(14)27-9-8-12-4-2-1-3-5-12/h1-7,10,15,26H,8-9,11,23H2. The number of aromatic nitrogens is 2. The van der Waals surface area contributed by atoms with Crippen molar-refractivity contribution in [2.45, 2.75) is 18.6 Å². The largest absolute Gasteiger partial charge is 0.493 e. The Morgan fingerprint density at radius 1 is 1.11 bits per heavy atom. The van der Waals surface area contributed by atoms with E-state index < -0.39 is 17.8 Å². The van der Waals surface area contributed by atoms with Gasteiger partial charge in [-0.1, -0.05) is 41.7 Å². The van der Waals surface area contributed by atoms with Crippen molar-refractivity contribution in [3.8, 4) is 16.3 Å². The monoisotopic (exact) mass is 409 g/mol. The molecule has 0 aliphatic heterocycles. The summed E-state index contributed by atoms with van der Waals surface area (Å²) in [4.78, 5) is 0. The summed E-state index contributed by atoms with van der Waals surface area (Å²) in [6.45, 7) is -0.197. The lowest BCUT2D eigenvalue weighted by molar-refractivity contribution is -0.138. The highest BCUT2D eigenvalue weighted by Crippen LogP contribution is 2.39. The van der Waals surface area contributed by atoms with Gasteiger partial charge in [0, 0.05) is 12.0 Å². The summed E-state index contributed by atoms with van der Waals surface area (Å²) in [5.41, 5.74) is 6.04. The molecule has 0 aliphatic carbocycles. The van der Waals surface area contributed by atoms with Crippen LogP contribution in [0.4, 0.5) is 13.2 Å². The molecule has 0 radical (unpaired) electrons. The van der Waals surface area contributed by atoms with Gasteiger partial charge in [0.25, 0.3) is 0 Å². The molecule has 2 aromatic carbocycles. The van der Waals surface area contributed by atoms with E-state index in [4.69, 9.17) is 15.6 Å². The van der Waals surface area contributed by atoms with Gasteiger partial charge in [-0.25, -0.2) is 0 Å². The Balaban J connectivity index is 1.81. The second-order valence-corrected chi connectivity index (χ2v) is 7.04. The summed E-state index contributed by atoms with van der Waals surface area (Å²) in [5, 5.41) is 17.4. The predicted octanol–water partition coefficient (Wildman–Crippen LogP) is 3.84. The van der Waals surface area contributed by atoms with Crippen LogP contribution in [-0.4, -0.2) is 28.5 Å². The number of rotatable bonds is 7. The molecule has 0 spiro atoms. The second kappa shape index (κ2) is 8.68. The van der Waals surface area contributed by atoms with E-state index >= 15 is 0 Å². The van der Waals surface area contributed by atoms with Crippen LogP contribution >= 0.6 is 11.3 Å². The number of halogens is 3. The molecule has 1 heterocycles. The number of alkyl halides is 3. The Hall–Kier alpha value is -2.49. The third-order valence-electron chi connectivity index (χ3n) is 3.98. The molecule has 3 N–H and O–H groups in total. The van der Waals surface area contributed by atoms with E-state index in [0.29, 0.717) is 16.4 Å². The zero-order valence-corrected chi connectivity index (χ0v) is 15.5. The number of aliphatic hydroxyl groups is 1. The number of benzene rings is 2. The summed E-state index contributed by atoms with van der Waals surface area (Å²) in [6.07, 6.45) is -4.08. The first-order chi connectivity index (χ1) is 13.4. The van der Waals surface area contributed by atoms with Crippen LogP contribution in [0.15, 0.2) is 48.5 Å². The van der Waals surface area contributed by atoms with E-state index in [1.807, 2.05) is 30.3 Å². The summed E-state index contributed by atoms with van der Waals surface area (Å²) < 4.78 is 46.0. The topological polar surface area (TPSA) is 81.3 Å². The van der Waals surface area contributed by atoms with Crippen molar-refractivity contribution in [1.29, 1.82) is 0 Å². The minimum atomic E-state index is -4.58. The SMILES string of the molecule is NC(CO)c1nnc(-c2ccc(OCCc3ccccc3)c(C(F)(F)F)c2)s1. The van der Waals surface area contributed by atoms with Gasteiger partial charge in [0.15, 0.2) is 0 Å². The van der Waals surface area contributed by atoms with Crippen LogP contribution < -0.4 is 10.5 Å².